The number of nitrogens with one attached hydrogen (secondary N) is 1. The second kappa shape index (κ2) is 8.53. The third-order valence-corrected chi connectivity index (χ3v) is 7.21. The standard InChI is InChI=1S/C24H20ClN3O4S/c1-32-17-4-2-3-16(12-17)28-23(30)21-18-9-10-27(13-19(18)33-22(21)26-24(28)31)20(29)11-14-5-7-15(25)8-6-14/h2-8,12H,9-11,13H2,1H3,(H,26,31). The first-order valence-corrected chi connectivity index (χ1v) is 11.6. The molecule has 5 rings (SSSR count). The Morgan fingerprint density at radius 1 is 1.18 bits per heavy atom. The van der Waals surface area contributed by atoms with Crippen molar-refractivity contribution in [2.45, 2.75) is 19.4 Å². The highest BCUT2D eigenvalue weighted by molar-refractivity contribution is 7.18. The largest absolute Gasteiger partial charge is 0.497 e. The summed E-state index contributed by atoms with van der Waals surface area (Å²) in [6, 6.07) is 14.1. The SMILES string of the molecule is COc1cccc(-n2c(=O)[nH]c3sc4c(c3c2=O)CCN(C(=O)Cc2ccc(Cl)cc2)C4)c1. The molecule has 1 N–H and O–H groups in total. The lowest BCUT2D eigenvalue weighted by molar-refractivity contribution is -0.131. The lowest BCUT2D eigenvalue weighted by Gasteiger charge is -2.27. The molecule has 7 nitrogen and oxygen atoms in total. The van der Waals surface area contributed by atoms with Crippen LogP contribution in [0.25, 0.3) is 15.9 Å². The maximum atomic E-state index is 13.4. The highest BCUT2D eigenvalue weighted by atomic mass is 35.5. The number of thiophene rings is 1. The molecular formula is C24H20ClN3O4S. The van der Waals surface area contributed by atoms with Gasteiger partial charge < -0.3 is 9.64 Å². The van der Waals surface area contributed by atoms with E-state index in [1.807, 2.05) is 12.1 Å². The molecule has 0 fully saturated rings. The molecule has 0 unspecified atom stereocenters. The van der Waals surface area contributed by atoms with E-state index in [0.29, 0.717) is 46.2 Å². The van der Waals surface area contributed by atoms with Crippen molar-refractivity contribution in [1.82, 2.24) is 14.5 Å². The van der Waals surface area contributed by atoms with E-state index in [1.54, 1.807) is 41.3 Å². The summed E-state index contributed by atoms with van der Waals surface area (Å²) in [7, 11) is 1.53. The number of fused-ring (bicyclic) bond motifs is 3. The molecule has 168 valence electrons. The van der Waals surface area contributed by atoms with Crippen LogP contribution in [0.15, 0.2) is 58.1 Å². The van der Waals surface area contributed by atoms with E-state index in [-0.39, 0.29) is 17.9 Å². The normalized spacial score (nSPS) is 13.2. The fourth-order valence-corrected chi connectivity index (χ4v) is 5.53. The van der Waals surface area contributed by atoms with Gasteiger partial charge in [0.05, 0.1) is 31.1 Å². The zero-order valence-electron chi connectivity index (χ0n) is 17.8. The first-order chi connectivity index (χ1) is 15.9. The van der Waals surface area contributed by atoms with Gasteiger partial charge in [0.25, 0.3) is 5.56 Å². The number of H-pyrrole nitrogens is 1. The van der Waals surface area contributed by atoms with E-state index < -0.39 is 5.69 Å². The van der Waals surface area contributed by atoms with Crippen molar-refractivity contribution in [2.24, 2.45) is 0 Å². The Morgan fingerprint density at radius 3 is 2.73 bits per heavy atom. The molecule has 0 radical (unpaired) electrons. The third kappa shape index (κ3) is 3.96. The van der Waals surface area contributed by atoms with Gasteiger partial charge in [0, 0.05) is 22.5 Å². The molecule has 3 heterocycles. The van der Waals surface area contributed by atoms with Crippen LogP contribution in [-0.2, 0) is 24.2 Å². The van der Waals surface area contributed by atoms with Crippen LogP contribution in [0.5, 0.6) is 5.75 Å². The molecule has 0 aliphatic carbocycles. The minimum absolute atomic E-state index is 0.0164. The van der Waals surface area contributed by atoms with Crippen molar-refractivity contribution in [3.8, 4) is 11.4 Å². The number of aromatic amines is 1. The summed E-state index contributed by atoms with van der Waals surface area (Å²) in [6.07, 6.45) is 0.845. The van der Waals surface area contributed by atoms with E-state index in [0.717, 1.165) is 20.6 Å². The molecule has 2 aromatic heterocycles. The van der Waals surface area contributed by atoms with Gasteiger partial charge in [-0.1, -0.05) is 29.8 Å². The second-order valence-electron chi connectivity index (χ2n) is 7.85. The van der Waals surface area contributed by atoms with Crippen LogP contribution in [0.3, 0.4) is 0 Å². The molecule has 0 atom stereocenters. The van der Waals surface area contributed by atoms with Crippen molar-refractivity contribution in [3.63, 3.8) is 0 Å². The molecule has 4 aromatic rings. The predicted molar refractivity (Wildman–Crippen MR) is 129 cm³/mol. The van der Waals surface area contributed by atoms with Crippen LogP contribution < -0.4 is 16.0 Å². The monoisotopic (exact) mass is 481 g/mol. The molecule has 0 spiro atoms. The zero-order chi connectivity index (χ0) is 23.1. The van der Waals surface area contributed by atoms with Gasteiger partial charge in [-0.05, 0) is 41.8 Å². The number of hydrogen-bond acceptors (Lipinski definition) is 5. The number of carbonyl (C=O) groups is 1. The van der Waals surface area contributed by atoms with Gasteiger partial charge in [-0.3, -0.25) is 14.6 Å². The van der Waals surface area contributed by atoms with Gasteiger partial charge in [-0.25, -0.2) is 9.36 Å². The molecule has 1 amide bonds. The van der Waals surface area contributed by atoms with Gasteiger partial charge in [-0.2, -0.15) is 0 Å². The van der Waals surface area contributed by atoms with Gasteiger partial charge in [0.15, 0.2) is 0 Å². The van der Waals surface area contributed by atoms with Gasteiger partial charge in [0.2, 0.25) is 5.91 Å². The number of nitrogens with zero attached hydrogens (tertiary/aromatic N) is 2. The number of halogens is 1. The molecule has 0 saturated heterocycles. The van der Waals surface area contributed by atoms with Crippen LogP contribution in [0.2, 0.25) is 5.02 Å². The second-order valence-corrected chi connectivity index (χ2v) is 9.39. The highest BCUT2D eigenvalue weighted by Crippen LogP contribution is 2.32. The molecule has 33 heavy (non-hydrogen) atoms. The van der Waals surface area contributed by atoms with Gasteiger partial charge in [-0.15, -0.1) is 11.3 Å². The van der Waals surface area contributed by atoms with E-state index >= 15 is 0 Å². The maximum absolute atomic E-state index is 13.4. The third-order valence-electron chi connectivity index (χ3n) is 5.83. The lowest BCUT2D eigenvalue weighted by atomic mass is 10.0. The van der Waals surface area contributed by atoms with Crippen LogP contribution in [0.1, 0.15) is 16.0 Å². The summed E-state index contributed by atoms with van der Waals surface area (Å²) in [5, 5.41) is 1.15. The van der Waals surface area contributed by atoms with E-state index in [1.165, 1.54) is 18.4 Å². The number of hydrogen-bond donors (Lipinski definition) is 1. The Labute approximate surface area is 197 Å². The molecular weight excluding hydrogens is 462 g/mol. The fraction of sp³-hybridized carbons (Fsp3) is 0.208. The van der Waals surface area contributed by atoms with Crippen LogP contribution in [0, 0.1) is 0 Å². The summed E-state index contributed by atoms with van der Waals surface area (Å²) >= 11 is 7.29. The van der Waals surface area contributed by atoms with E-state index in [9.17, 15) is 14.4 Å². The Morgan fingerprint density at radius 2 is 1.97 bits per heavy atom. The molecule has 1 aliphatic heterocycles. The minimum atomic E-state index is -0.505. The average molecular weight is 482 g/mol. The molecule has 1 aliphatic rings. The zero-order valence-corrected chi connectivity index (χ0v) is 19.3. The van der Waals surface area contributed by atoms with E-state index in [2.05, 4.69) is 4.98 Å². The average Bonchev–Trinajstić information content (AvgIpc) is 3.18. The number of rotatable bonds is 4. The topological polar surface area (TPSA) is 84.4 Å². The fourth-order valence-electron chi connectivity index (χ4n) is 4.16. The van der Waals surface area contributed by atoms with Gasteiger partial charge >= 0.3 is 5.69 Å². The van der Waals surface area contributed by atoms with Crippen LogP contribution in [-0.4, -0.2) is 34.0 Å². The van der Waals surface area contributed by atoms with Crippen molar-refractivity contribution in [2.75, 3.05) is 13.7 Å². The van der Waals surface area contributed by atoms with E-state index in [4.69, 9.17) is 16.3 Å². The smallest absolute Gasteiger partial charge is 0.334 e. The summed E-state index contributed by atoms with van der Waals surface area (Å²) in [6.45, 7) is 0.935. The highest BCUT2D eigenvalue weighted by Gasteiger charge is 2.27. The Kier molecular flexibility index (Phi) is 5.55. The number of benzene rings is 2. The predicted octanol–water partition coefficient (Wildman–Crippen LogP) is 3.53. The summed E-state index contributed by atoms with van der Waals surface area (Å²) in [5.74, 6) is 0.573. The Hall–Kier alpha value is -3.36. The lowest BCUT2D eigenvalue weighted by Crippen LogP contribution is -2.37. The van der Waals surface area contributed by atoms with Gasteiger partial charge in [0.1, 0.15) is 10.6 Å². The van der Waals surface area contributed by atoms with Crippen molar-refractivity contribution >= 4 is 39.1 Å². The van der Waals surface area contributed by atoms with Crippen molar-refractivity contribution in [3.05, 3.63) is 90.4 Å². The molecule has 0 bridgehead atoms. The first-order valence-electron chi connectivity index (χ1n) is 10.4. The number of aromatic nitrogens is 2. The van der Waals surface area contributed by atoms with Crippen LogP contribution in [0.4, 0.5) is 0 Å². The quantitative estimate of drug-likeness (QED) is 0.483. The Bertz CT molecular complexity index is 1490. The minimum Gasteiger partial charge on any atom is -0.497 e. The summed E-state index contributed by atoms with van der Waals surface area (Å²) in [5.41, 5.74) is 1.38. The summed E-state index contributed by atoms with van der Waals surface area (Å²) in [4.78, 5) is 45.1. The van der Waals surface area contributed by atoms with Crippen molar-refractivity contribution in [1.29, 1.82) is 0 Å². The maximum Gasteiger partial charge on any atom is 0.334 e. The molecule has 0 saturated carbocycles. The first kappa shape index (κ1) is 21.5. The molecule has 2 aromatic carbocycles. The van der Waals surface area contributed by atoms with Crippen molar-refractivity contribution < 1.29 is 9.53 Å². The van der Waals surface area contributed by atoms with Crippen LogP contribution >= 0.6 is 22.9 Å². The summed E-state index contributed by atoms with van der Waals surface area (Å²) < 4.78 is 6.37. The Balaban J connectivity index is 1.48. The number of ether oxygens (including phenoxy) is 1. The molecule has 9 heteroatoms. The number of carbonyl (C=O) groups excluding carboxylic acids is 1. The number of amides is 1. The number of methoxy groups -OCH3 is 1.